The van der Waals surface area contributed by atoms with Crippen molar-refractivity contribution >= 4 is 11.7 Å². The van der Waals surface area contributed by atoms with Crippen molar-refractivity contribution in [3.63, 3.8) is 0 Å². The van der Waals surface area contributed by atoms with E-state index in [9.17, 15) is 9.59 Å². The number of carbonyl (C=O) groups excluding carboxylic acids is 2. The van der Waals surface area contributed by atoms with Gasteiger partial charge in [0, 0.05) is 6.92 Å². The van der Waals surface area contributed by atoms with E-state index >= 15 is 0 Å². The lowest BCUT2D eigenvalue weighted by Gasteiger charge is -2.14. The summed E-state index contributed by atoms with van der Waals surface area (Å²) in [5.41, 5.74) is -0.569. The minimum Gasteiger partial charge on any atom is -0.344 e. The molecule has 0 heterocycles. The highest BCUT2D eigenvalue weighted by atomic mass is 16.2. The van der Waals surface area contributed by atoms with Crippen LogP contribution in [0.25, 0.3) is 0 Å². The second-order valence-electron chi connectivity index (χ2n) is 3.63. The Labute approximate surface area is 78.2 Å². The van der Waals surface area contributed by atoms with Crippen molar-refractivity contribution in [1.82, 2.24) is 5.32 Å². The van der Waals surface area contributed by atoms with E-state index in [-0.39, 0.29) is 17.6 Å². The van der Waals surface area contributed by atoms with Crippen LogP contribution < -0.4 is 5.32 Å². The second kappa shape index (κ2) is 3.32. The summed E-state index contributed by atoms with van der Waals surface area (Å²) in [7, 11) is 0. The molecule has 72 valence electrons. The molecule has 0 radical (unpaired) electrons. The highest BCUT2D eigenvalue weighted by Gasteiger charge is 2.57. The lowest BCUT2D eigenvalue weighted by Crippen LogP contribution is -2.42. The van der Waals surface area contributed by atoms with Crippen LogP contribution in [0, 0.1) is 5.92 Å². The summed E-state index contributed by atoms with van der Waals surface area (Å²) in [6.45, 7) is 6.59. The van der Waals surface area contributed by atoms with Crippen LogP contribution in [0.15, 0.2) is 12.7 Å². The Morgan fingerprint density at radius 1 is 1.62 bits per heavy atom. The first-order valence-electron chi connectivity index (χ1n) is 4.43. The van der Waals surface area contributed by atoms with E-state index < -0.39 is 5.54 Å². The third-order valence-electron chi connectivity index (χ3n) is 2.58. The van der Waals surface area contributed by atoms with Gasteiger partial charge in [0.1, 0.15) is 5.54 Å². The molecule has 1 fully saturated rings. The maximum absolute atomic E-state index is 11.3. The van der Waals surface area contributed by atoms with Gasteiger partial charge in [-0.25, -0.2) is 0 Å². The number of amides is 1. The van der Waals surface area contributed by atoms with E-state index in [1.165, 1.54) is 13.8 Å². The van der Waals surface area contributed by atoms with Gasteiger partial charge in [-0.3, -0.25) is 9.59 Å². The third-order valence-corrected chi connectivity index (χ3v) is 2.58. The number of carbonyl (C=O) groups is 2. The lowest BCUT2D eigenvalue weighted by molar-refractivity contribution is -0.127. The summed E-state index contributed by atoms with van der Waals surface area (Å²) in [5.74, 6) is 0.169. The zero-order valence-electron chi connectivity index (χ0n) is 8.09. The van der Waals surface area contributed by atoms with Crippen LogP contribution in [0.1, 0.15) is 26.7 Å². The molecular weight excluding hydrogens is 166 g/mol. The molecule has 0 aromatic heterocycles. The molecule has 2 atom stereocenters. The molecule has 0 saturated heterocycles. The van der Waals surface area contributed by atoms with E-state index in [4.69, 9.17) is 0 Å². The molecule has 0 spiro atoms. The van der Waals surface area contributed by atoms with Gasteiger partial charge in [0.2, 0.25) is 5.91 Å². The zero-order valence-corrected chi connectivity index (χ0v) is 8.09. The predicted molar refractivity (Wildman–Crippen MR) is 50.1 cm³/mol. The highest BCUT2D eigenvalue weighted by Crippen LogP contribution is 2.46. The molecule has 1 aliphatic rings. The summed E-state index contributed by atoms with van der Waals surface area (Å²) in [5, 5.41) is 2.73. The largest absolute Gasteiger partial charge is 0.344 e. The quantitative estimate of drug-likeness (QED) is 0.659. The fourth-order valence-electron chi connectivity index (χ4n) is 1.80. The molecule has 0 aromatic rings. The summed E-state index contributed by atoms with van der Waals surface area (Å²) in [4.78, 5) is 22.2. The maximum atomic E-state index is 11.3. The van der Waals surface area contributed by atoms with Crippen LogP contribution in [0.5, 0.6) is 0 Å². The van der Waals surface area contributed by atoms with Crippen LogP contribution in [0.3, 0.4) is 0 Å². The fourth-order valence-corrected chi connectivity index (χ4v) is 1.80. The Morgan fingerprint density at radius 2 is 2.23 bits per heavy atom. The predicted octanol–water partition coefficient (Wildman–Crippen LogP) is 1.05. The van der Waals surface area contributed by atoms with Gasteiger partial charge in [-0.15, -0.1) is 6.58 Å². The van der Waals surface area contributed by atoms with Gasteiger partial charge in [-0.1, -0.05) is 6.08 Å². The number of nitrogens with one attached hydrogen (secondary N) is 1. The molecule has 3 heteroatoms. The number of allylic oxidation sites excluding steroid dienone is 1. The van der Waals surface area contributed by atoms with E-state index in [0.717, 1.165) is 12.8 Å². The Hall–Kier alpha value is -1.12. The van der Waals surface area contributed by atoms with Gasteiger partial charge in [0.25, 0.3) is 0 Å². The molecule has 1 N–H and O–H groups in total. The zero-order chi connectivity index (χ0) is 10.1. The number of Topliss-reactive ketones (excluding diaryl/α,β-unsaturated/α-hetero) is 1. The number of hydrogen-bond donors (Lipinski definition) is 1. The first-order valence-corrected chi connectivity index (χ1v) is 4.43. The summed E-state index contributed by atoms with van der Waals surface area (Å²) < 4.78 is 0. The van der Waals surface area contributed by atoms with E-state index in [0.29, 0.717) is 0 Å². The van der Waals surface area contributed by atoms with Crippen molar-refractivity contribution in [2.45, 2.75) is 32.2 Å². The molecule has 0 bridgehead atoms. The molecule has 0 aliphatic heterocycles. The van der Waals surface area contributed by atoms with Gasteiger partial charge in [0.05, 0.1) is 0 Å². The summed E-state index contributed by atoms with van der Waals surface area (Å²) in [6, 6.07) is 0. The first kappa shape index (κ1) is 9.96. The Bertz CT molecular complexity index is 260. The van der Waals surface area contributed by atoms with E-state index in [1.807, 2.05) is 0 Å². The number of hydrogen-bond acceptors (Lipinski definition) is 2. The molecule has 1 amide bonds. The second-order valence-corrected chi connectivity index (χ2v) is 3.63. The molecule has 3 nitrogen and oxygen atoms in total. The molecule has 1 rings (SSSR count). The number of rotatable bonds is 4. The maximum Gasteiger partial charge on any atom is 0.217 e. The van der Waals surface area contributed by atoms with Crippen molar-refractivity contribution in [1.29, 1.82) is 0 Å². The SMILES string of the molecule is C=CCC1CC1(NC(C)=O)C(C)=O. The molecule has 0 aromatic carbocycles. The van der Waals surface area contributed by atoms with Gasteiger partial charge in [0.15, 0.2) is 5.78 Å². The third kappa shape index (κ3) is 1.79. The van der Waals surface area contributed by atoms with Crippen molar-refractivity contribution in [3.05, 3.63) is 12.7 Å². The average molecular weight is 181 g/mol. The molecule has 1 aliphatic carbocycles. The monoisotopic (exact) mass is 181 g/mol. The highest BCUT2D eigenvalue weighted by molar-refractivity contribution is 5.94. The van der Waals surface area contributed by atoms with Crippen LogP contribution in [0.4, 0.5) is 0 Å². The Kier molecular flexibility index (Phi) is 2.55. The van der Waals surface area contributed by atoms with E-state index in [2.05, 4.69) is 11.9 Å². The van der Waals surface area contributed by atoms with Crippen LogP contribution in [0.2, 0.25) is 0 Å². The normalized spacial score (nSPS) is 30.8. The van der Waals surface area contributed by atoms with Crippen molar-refractivity contribution in [2.75, 3.05) is 0 Å². The fraction of sp³-hybridized carbons (Fsp3) is 0.600. The van der Waals surface area contributed by atoms with Gasteiger partial charge in [-0.05, 0) is 25.7 Å². The van der Waals surface area contributed by atoms with Gasteiger partial charge in [-0.2, -0.15) is 0 Å². The molecule has 1 saturated carbocycles. The topological polar surface area (TPSA) is 46.2 Å². The minimum atomic E-state index is -0.569. The summed E-state index contributed by atoms with van der Waals surface area (Å²) in [6.07, 6.45) is 3.34. The molecule has 13 heavy (non-hydrogen) atoms. The smallest absolute Gasteiger partial charge is 0.217 e. The van der Waals surface area contributed by atoms with Gasteiger partial charge >= 0.3 is 0 Å². The summed E-state index contributed by atoms with van der Waals surface area (Å²) >= 11 is 0. The van der Waals surface area contributed by atoms with Gasteiger partial charge < -0.3 is 5.32 Å². The minimum absolute atomic E-state index is 0.0505. The van der Waals surface area contributed by atoms with Crippen LogP contribution >= 0.6 is 0 Å². The van der Waals surface area contributed by atoms with Crippen molar-refractivity contribution < 1.29 is 9.59 Å². The van der Waals surface area contributed by atoms with Crippen molar-refractivity contribution in [3.8, 4) is 0 Å². The standard InChI is InChI=1S/C10H15NO2/c1-4-5-9-6-10(9,7(2)12)11-8(3)13/h4,9H,1,5-6H2,2-3H3,(H,11,13). The molecular formula is C10H15NO2. The van der Waals surface area contributed by atoms with E-state index in [1.54, 1.807) is 6.08 Å². The Balaban J connectivity index is 2.65. The van der Waals surface area contributed by atoms with Crippen LogP contribution in [-0.4, -0.2) is 17.2 Å². The molecule has 2 unspecified atom stereocenters. The van der Waals surface area contributed by atoms with Crippen molar-refractivity contribution in [2.24, 2.45) is 5.92 Å². The Morgan fingerprint density at radius 3 is 2.62 bits per heavy atom. The number of ketones is 1. The average Bonchev–Trinajstić information content (AvgIpc) is 2.63. The van der Waals surface area contributed by atoms with Crippen LogP contribution in [-0.2, 0) is 9.59 Å². The first-order chi connectivity index (χ1) is 6.03. The lowest BCUT2D eigenvalue weighted by atomic mass is 10.1.